The van der Waals surface area contributed by atoms with Crippen molar-refractivity contribution in [3.05, 3.63) is 53.7 Å². The Kier molecular flexibility index (Phi) is 5.28. The molecule has 0 aliphatic heterocycles. The highest BCUT2D eigenvalue weighted by Gasteiger charge is 2.21. The summed E-state index contributed by atoms with van der Waals surface area (Å²) < 4.78 is 16.8. The van der Waals surface area contributed by atoms with Gasteiger partial charge < -0.3 is 14.2 Å². The van der Waals surface area contributed by atoms with Gasteiger partial charge >= 0.3 is 0 Å². The molecule has 0 radical (unpaired) electrons. The Morgan fingerprint density at radius 1 is 1.04 bits per heavy atom. The van der Waals surface area contributed by atoms with E-state index < -0.39 is 0 Å². The van der Waals surface area contributed by atoms with E-state index >= 15 is 0 Å². The molecule has 2 aromatic carbocycles. The normalized spacial score (nSPS) is 13.6. The van der Waals surface area contributed by atoms with Crippen molar-refractivity contribution in [2.75, 3.05) is 20.8 Å². The fraction of sp³-hybridized carbons (Fsp3) is 0.273. The van der Waals surface area contributed by atoms with Gasteiger partial charge in [-0.2, -0.15) is 15.4 Å². The average molecular weight is 377 g/mol. The summed E-state index contributed by atoms with van der Waals surface area (Å²) in [5, 5.41) is 10.8. The highest BCUT2D eigenvalue weighted by Crippen LogP contribution is 2.37. The zero-order valence-electron chi connectivity index (χ0n) is 16.0. The number of hydrogen-bond donors (Lipinski definition) is 1. The minimum atomic E-state index is 0.678. The first-order valence-corrected chi connectivity index (χ1v) is 9.30. The summed E-state index contributed by atoms with van der Waals surface area (Å²) >= 11 is 0. The molecule has 144 valence electrons. The summed E-state index contributed by atoms with van der Waals surface area (Å²) in [4.78, 5) is 0. The van der Waals surface area contributed by atoms with Crippen LogP contribution in [0.15, 0.2) is 42.6 Å². The number of aromatic amines is 1. The van der Waals surface area contributed by atoms with Gasteiger partial charge in [0.1, 0.15) is 22.9 Å². The number of nitrogens with one attached hydrogen (secondary N) is 1. The number of hydrogen-bond acceptors (Lipinski definition) is 5. The van der Waals surface area contributed by atoms with E-state index in [0.717, 1.165) is 35.0 Å². The van der Waals surface area contributed by atoms with E-state index in [1.165, 1.54) is 12.8 Å². The summed E-state index contributed by atoms with van der Waals surface area (Å²) in [5.74, 6) is 3.05. The van der Waals surface area contributed by atoms with Gasteiger partial charge in [0.2, 0.25) is 0 Å². The Morgan fingerprint density at radius 2 is 1.86 bits per heavy atom. The summed E-state index contributed by atoms with van der Waals surface area (Å²) in [6.45, 7) is 0.819. The van der Waals surface area contributed by atoms with Gasteiger partial charge in [-0.05, 0) is 48.1 Å². The van der Waals surface area contributed by atoms with Gasteiger partial charge in [-0.1, -0.05) is 24.3 Å². The first kappa shape index (κ1) is 18.1. The molecule has 4 rings (SSSR count). The van der Waals surface area contributed by atoms with Crippen LogP contribution in [0.2, 0.25) is 0 Å². The van der Waals surface area contributed by atoms with Crippen molar-refractivity contribution in [1.82, 2.24) is 15.4 Å². The lowest BCUT2D eigenvalue weighted by Crippen LogP contribution is -1.98. The molecule has 1 saturated carbocycles. The van der Waals surface area contributed by atoms with Crippen molar-refractivity contribution >= 4 is 12.2 Å². The van der Waals surface area contributed by atoms with Crippen LogP contribution in [0, 0.1) is 5.92 Å². The first-order chi connectivity index (χ1) is 13.8. The Morgan fingerprint density at radius 3 is 2.50 bits per heavy atom. The molecule has 1 N–H and O–H groups in total. The number of benzene rings is 2. The Hall–Kier alpha value is -3.28. The second-order valence-electron chi connectivity index (χ2n) is 6.81. The monoisotopic (exact) mass is 377 g/mol. The third-order valence-corrected chi connectivity index (χ3v) is 4.75. The lowest BCUT2D eigenvalue weighted by atomic mass is 10.0. The van der Waals surface area contributed by atoms with Crippen LogP contribution in [0.4, 0.5) is 0 Å². The number of aromatic nitrogens is 3. The molecule has 6 heteroatoms. The molecular weight excluding hydrogens is 354 g/mol. The van der Waals surface area contributed by atoms with Crippen LogP contribution in [0.5, 0.6) is 17.2 Å². The lowest BCUT2D eigenvalue weighted by Gasteiger charge is -2.12. The van der Waals surface area contributed by atoms with Crippen LogP contribution in [0.3, 0.4) is 0 Å². The molecule has 6 nitrogen and oxygen atoms in total. The Bertz CT molecular complexity index is 946. The van der Waals surface area contributed by atoms with Crippen molar-refractivity contribution in [1.29, 1.82) is 0 Å². The summed E-state index contributed by atoms with van der Waals surface area (Å²) in [6.07, 6.45) is 8.32. The molecule has 1 aromatic heterocycles. The maximum Gasteiger partial charge on any atom is 0.132 e. The van der Waals surface area contributed by atoms with E-state index in [9.17, 15) is 0 Å². The average Bonchev–Trinajstić information content (AvgIpc) is 3.42. The highest BCUT2D eigenvalue weighted by molar-refractivity contribution is 5.84. The van der Waals surface area contributed by atoms with E-state index in [1.54, 1.807) is 20.4 Å². The molecule has 0 bridgehead atoms. The third-order valence-electron chi connectivity index (χ3n) is 4.75. The molecule has 1 aliphatic rings. The molecule has 28 heavy (non-hydrogen) atoms. The van der Waals surface area contributed by atoms with E-state index in [2.05, 4.69) is 15.4 Å². The minimum absolute atomic E-state index is 0.678. The summed E-state index contributed by atoms with van der Waals surface area (Å²) in [5.41, 5.74) is 3.58. The van der Waals surface area contributed by atoms with Gasteiger partial charge in [0, 0.05) is 6.07 Å². The molecule has 1 aliphatic carbocycles. The van der Waals surface area contributed by atoms with Crippen molar-refractivity contribution in [2.45, 2.75) is 12.8 Å². The minimum Gasteiger partial charge on any atom is -0.497 e. The van der Waals surface area contributed by atoms with Crippen LogP contribution in [-0.2, 0) is 0 Å². The number of methoxy groups -OCH3 is 2. The van der Waals surface area contributed by atoms with E-state index in [0.29, 0.717) is 17.2 Å². The summed E-state index contributed by atoms with van der Waals surface area (Å²) in [7, 11) is 3.27. The topological polar surface area (TPSA) is 69.3 Å². The SMILES string of the molecule is COc1cc(/C=C/c2ccc(OCC3CC3)cc2)c(-c2cn[nH]n2)c(OC)c1. The molecule has 1 fully saturated rings. The van der Waals surface area contributed by atoms with Gasteiger partial charge in [-0.3, -0.25) is 0 Å². The van der Waals surface area contributed by atoms with Crippen LogP contribution < -0.4 is 14.2 Å². The standard InChI is InChI=1S/C22H23N3O3/c1-26-19-11-17(22(21(12-19)27-2)20-13-23-25-24-20)8-5-15-6-9-18(10-7-15)28-14-16-3-4-16/h5-13,16H,3-4,14H2,1-2H3,(H,23,24,25)/b8-5+. The van der Waals surface area contributed by atoms with Crippen molar-refractivity contribution in [3.63, 3.8) is 0 Å². The molecule has 1 heterocycles. The molecule has 0 amide bonds. The Balaban J connectivity index is 1.60. The van der Waals surface area contributed by atoms with E-state index in [-0.39, 0.29) is 0 Å². The Labute approximate surface area is 164 Å². The van der Waals surface area contributed by atoms with Crippen LogP contribution in [0.1, 0.15) is 24.0 Å². The fourth-order valence-electron chi connectivity index (χ4n) is 2.98. The van der Waals surface area contributed by atoms with Gasteiger partial charge in [-0.15, -0.1) is 0 Å². The fourth-order valence-corrected chi connectivity index (χ4v) is 2.98. The zero-order valence-corrected chi connectivity index (χ0v) is 16.0. The number of rotatable bonds is 8. The number of ether oxygens (including phenoxy) is 3. The van der Waals surface area contributed by atoms with E-state index in [1.807, 2.05) is 48.6 Å². The molecule has 0 unspecified atom stereocenters. The lowest BCUT2D eigenvalue weighted by molar-refractivity contribution is 0.300. The van der Waals surface area contributed by atoms with Crippen molar-refractivity contribution in [2.24, 2.45) is 5.92 Å². The van der Waals surface area contributed by atoms with Gasteiger partial charge in [0.15, 0.2) is 0 Å². The third kappa shape index (κ3) is 4.17. The number of H-pyrrole nitrogens is 1. The maximum absolute atomic E-state index is 5.80. The molecule has 3 aromatic rings. The predicted octanol–water partition coefficient (Wildman–Crippen LogP) is 4.45. The van der Waals surface area contributed by atoms with Crippen molar-refractivity contribution < 1.29 is 14.2 Å². The first-order valence-electron chi connectivity index (χ1n) is 9.30. The van der Waals surface area contributed by atoms with Crippen LogP contribution >= 0.6 is 0 Å². The predicted molar refractivity (Wildman–Crippen MR) is 109 cm³/mol. The molecule has 0 saturated heterocycles. The second-order valence-corrected chi connectivity index (χ2v) is 6.81. The molecule has 0 atom stereocenters. The van der Waals surface area contributed by atoms with Gasteiger partial charge in [-0.25, -0.2) is 0 Å². The molecular formula is C22H23N3O3. The van der Waals surface area contributed by atoms with Crippen molar-refractivity contribution in [3.8, 4) is 28.5 Å². The van der Waals surface area contributed by atoms with Crippen LogP contribution in [-0.4, -0.2) is 36.2 Å². The zero-order chi connectivity index (χ0) is 19.3. The second kappa shape index (κ2) is 8.17. The smallest absolute Gasteiger partial charge is 0.132 e. The summed E-state index contributed by atoms with van der Waals surface area (Å²) in [6, 6.07) is 11.9. The van der Waals surface area contributed by atoms with Crippen LogP contribution in [0.25, 0.3) is 23.4 Å². The van der Waals surface area contributed by atoms with E-state index in [4.69, 9.17) is 14.2 Å². The largest absolute Gasteiger partial charge is 0.497 e. The maximum atomic E-state index is 5.80. The van der Waals surface area contributed by atoms with Gasteiger partial charge in [0.05, 0.1) is 32.6 Å². The highest BCUT2D eigenvalue weighted by atomic mass is 16.5. The molecule has 0 spiro atoms. The number of nitrogens with zero attached hydrogens (tertiary/aromatic N) is 2. The van der Waals surface area contributed by atoms with Gasteiger partial charge in [0.25, 0.3) is 0 Å². The quantitative estimate of drug-likeness (QED) is 0.588.